The summed E-state index contributed by atoms with van der Waals surface area (Å²) in [5.74, 6) is 1.60. The van der Waals surface area contributed by atoms with E-state index in [4.69, 9.17) is 4.74 Å². The van der Waals surface area contributed by atoms with E-state index >= 15 is 0 Å². The summed E-state index contributed by atoms with van der Waals surface area (Å²) in [5.41, 5.74) is 0.967. The van der Waals surface area contributed by atoms with Crippen molar-refractivity contribution >= 4 is 17.5 Å². The summed E-state index contributed by atoms with van der Waals surface area (Å²) in [6.45, 7) is 6.36. The van der Waals surface area contributed by atoms with Crippen molar-refractivity contribution < 1.29 is 9.53 Å². The second kappa shape index (κ2) is 6.10. The summed E-state index contributed by atoms with van der Waals surface area (Å²) in [4.78, 5) is 11.9. The molecular weight excluding hydrogens is 232 g/mol. The Bertz CT molecular complexity index is 380. The minimum atomic E-state index is 0.135. The van der Waals surface area contributed by atoms with Gasteiger partial charge in [0.25, 0.3) is 0 Å². The minimum Gasteiger partial charge on any atom is -0.496 e. The van der Waals surface area contributed by atoms with Crippen LogP contribution in [-0.2, 0) is 11.2 Å². The van der Waals surface area contributed by atoms with Gasteiger partial charge in [-0.2, -0.15) is 0 Å². The Hall–Kier alpha value is -0.960. The molecule has 0 saturated carbocycles. The van der Waals surface area contributed by atoms with E-state index < -0.39 is 0 Å². The first kappa shape index (κ1) is 14.1. The van der Waals surface area contributed by atoms with Gasteiger partial charge in [0.2, 0.25) is 0 Å². The number of thioether (sulfide) groups is 1. The number of ether oxygens (including phenoxy) is 1. The molecule has 0 bridgehead atoms. The van der Waals surface area contributed by atoms with Crippen LogP contribution in [0.3, 0.4) is 0 Å². The normalized spacial score (nSPS) is 11.3. The summed E-state index contributed by atoms with van der Waals surface area (Å²) in [6.07, 6.45) is 0.451. The van der Waals surface area contributed by atoms with Crippen LogP contribution in [0.5, 0.6) is 5.75 Å². The second-order valence-corrected chi connectivity index (χ2v) is 6.73. The van der Waals surface area contributed by atoms with Crippen LogP contribution in [-0.4, -0.2) is 23.4 Å². The molecule has 0 fully saturated rings. The second-order valence-electron chi connectivity index (χ2n) is 4.93. The first-order valence-electron chi connectivity index (χ1n) is 5.70. The molecule has 0 amide bonds. The Labute approximate surface area is 108 Å². The number of rotatable bonds is 5. The number of carbonyl (C=O) groups is 1. The number of hydrogen-bond donors (Lipinski definition) is 0. The van der Waals surface area contributed by atoms with E-state index in [1.807, 2.05) is 24.3 Å². The molecule has 0 unspecified atom stereocenters. The number of Topliss-reactive ketones (excluding diaryl/α,β-unsaturated/α-hetero) is 1. The van der Waals surface area contributed by atoms with Gasteiger partial charge in [-0.15, -0.1) is 11.8 Å². The van der Waals surface area contributed by atoms with Crippen molar-refractivity contribution in [2.45, 2.75) is 31.9 Å². The van der Waals surface area contributed by atoms with E-state index in [0.29, 0.717) is 12.2 Å². The van der Waals surface area contributed by atoms with Gasteiger partial charge in [0.15, 0.2) is 0 Å². The molecule has 0 aliphatic heterocycles. The Balaban J connectivity index is 2.56. The number of benzene rings is 1. The van der Waals surface area contributed by atoms with E-state index in [1.165, 1.54) is 0 Å². The lowest BCUT2D eigenvalue weighted by Crippen LogP contribution is -2.14. The molecule has 0 heterocycles. The first-order valence-corrected chi connectivity index (χ1v) is 6.68. The van der Waals surface area contributed by atoms with Gasteiger partial charge >= 0.3 is 0 Å². The highest BCUT2D eigenvalue weighted by atomic mass is 32.2. The molecule has 2 nitrogen and oxygen atoms in total. The van der Waals surface area contributed by atoms with E-state index in [-0.39, 0.29) is 10.5 Å². The van der Waals surface area contributed by atoms with Crippen LogP contribution in [0.2, 0.25) is 0 Å². The lowest BCUT2D eigenvalue weighted by molar-refractivity contribution is -0.116. The topological polar surface area (TPSA) is 26.3 Å². The minimum absolute atomic E-state index is 0.135. The number of hydrogen-bond acceptors (Lipinski definition) is 3. The fourth-order valence-corrected chi connectivity index (χ4v) is 2.11. The van der Waals surface area contributed by atoms with E-state index in [1.54, 1.807) is 18.9 Å². The zero-order chi connectivity index (χ0) is 12.9. The largest absolute Gasteiger partial charge is 0.496 e. The highest BCUT2D eigenvalue weighted by Crippen LogP contribution is 2.24. The van der Waals surface area contributed by atoms with Crippen molar-refractivity contribution in [2.24, 2.45) is 0 Å². The van der Waals surface area contributed by atoms with Crippen LogP contribution in [0.25, 0.3) is 0 Å². The highest BCUT2D eigenvalue weighted by molar-refractivity contribution is 8.01. The van der Waals surface area contributed by atoms with Gasteiger partial charge in [-0.1, -0.05) is 39.0 Å². The molecule has 17 heavy (non-hydrogen) atoms. The predicted molar refractivity (Wildman–Crippen MR) is 73.9 cm³/mol. The molecular formula is C14H20O2S. The third-order valence-corrected chi connectivity index (χ3v) is 3.58. The third-order valence-electron chi connectivity index (χ3n) is 2.25. The van der Waals surface area contributed by atoms with Crippen molar-refractivity contribution in [3.63, 3.8) is 0 Å². The maximum absolute atomic E-state index is 11.9. The smallest absolute Gasteiger partial charge is 0.147 e. The third kappa shape index (κ3) is 5.26. The quantitative estimate of drug-likeness (QED) is 0.804. The Morgan fingerprint density at radius 3 is 2.53 bits per heavy atom. The maximum atomic E-state index is 11.9. The molecule has 1 rings (SSSR count). The molecule has 1 aromatic carbocycles. The summed E-state index contributed by atoms with van der Waals surface area (Å²) >= 11 is 1.68. The van der Waals surface area contributed by atoms with Crippen LogP contribution in [0, 0.1) is 0 Å². The zero-order valence-corrected chi connectivity index (χ0v) is 11.8. The molecule has 3 heteroatoms. The maximum Gasteiger partial charge on any atom is 0.147 e. The van der Waals surface area contributed by atoms with Gasteiger partial charge in [0.05, 0.1) is 12.9 Å². The van der Waals surface area contributed by atoms with Crippen LogP contribution >= 0.6 is 11.8 Å². The van der Waals surface area contributed by atoms with E-state index in [2.05, 4.69) is 20.8 Å². The van der Waals surface area contributed by atoms with Crippen LogP contribution in [0.1, 0.15) is 26.3 Å². The summed E-state index contributed by atoms with van der Waals surface area (Å²) in [5, 5.41) is 0. The summed E-state index contributed by atoms with van der Waals surface area (Å²) in [7, 11) is 1.63. The Morgan fingerprint density at radius 1 is 1.29 bits per heavy atom. The van der Waals surface area contributed by atoms with Crippen LogP contribution in [0.4, 0.5) is 0 Å². The molecule has 0 N–H and O–H groups in total. The van der Waals surface area contributed by atoms with Gasteiger partial charge in [0.1, 0.15) is 11.5 Å². The van der Waals surface area contributed by atoms with Crippen LogP contribution < -0.4 is 4.74 Å². The van der Waals surface area contributed by atoms with Gasteiger partial charge in [-0.05, 0) is 6.07 Å². The standard InChI is InChI=1S/C14H20O2S/c1-14(2,3)17-10-12(15)9-11-7-5-6-8-13(11)16-4/h5-8H,9-10H2,1-4H3. The van der Waals surface area contributed by atoms with Crippen molar-refractivity contribution in [2.75, 3.05) is 12.9 Å². The molecule has 0 aliphatic carbocycles. The molecule has 0 radical (unpaired) electrons. The SMILES string of the molecule is COc1ccccc1CC(=O)CSC(C)(C)C. The fraction of sp³-hybridized carbons (Fsp3) is 0.500. The number of methoxy groups -OCH3 is 1. The molecule has 0 spiro atoms. The summed E-state index contributed by atoms with van der Waals surface area (Å²) in [6, 6.07) is 7.68. The van der Waals surface area contributed by atoms with Crippen molar-refractivity contribution in [1.82, 2.24) is 0 Å². The molecule has 0 saturated heterocycles. The Kier molecular flexibility index (Phi) is 5.06. The van der Waals surface area contributed by atoms with Gasteiger partial charge in [-0.25, -0.2) is 0 Å². The fourth-order valence-electron chi connectivity index (χ4n) is 1.41. The number of ketones is 1. The average Bonchev–Trinajstić information content (AvgIpc) is 2.26. The lowest BCUT2D eigenvalue weighted by Gasteiger charge is -2.16. The summed E-state index contributed by atoms with van der Waals surface area (Å²) < 4.78 is 5.37. The van der Waals surface area contributed by atoms with E-state index in [0.717, 1.165) is 11.3 Å². The van der Waals surface area contributed by atoms with Crippen molar-refractivity contribution in [1.29, 1.82) is 0 Å². The van der Waals surface area contributed by atoms with Crippen molar-refractivity contribution in [3.8, 4) is 5.75 Å². The Morgan fingerprint density at radius 2 is 1.94 bits per heavy atom. The predicted octanol–water partition coefficient (Wildman–Crippen LogP) is 3.34. The van der Waals surface area contributed by atoms with E-state index in [9.17, 15) is 4.79 Å². The molecule has 0 aromatic heterocycles. The zero-order valence-electron chi connectivity index (χ0n) is 10.9. The average molecular weight is 252 g/mol. The number of carbonyl (C=O) groups excluding carboxylic acids is 1. The first-order chi connectivity index (χ1) is 7.92. The van der Waals surface area contributed by atoms with Crippen molar-refractivity contribution in [3.05, 3.63) is 29.8 Å². The van der Waals surface area contributed by atoms with Gasteiger partial charge in [0, 0.05) is 16.7 Å². The monoisotopic (exact) mass is 252 g/mol. The molecule has 0 aliphatic rings. The lowest BCUT2D eigenvalue weighted by atomic mass is 10.1. The number of para-hydroxylation sites is 1. The molecule has 0 atom stereocenters. The van der Waals surface area contributed by atoms with Gasteiger partial charge < -0.3 is 4.74 Å². The highest BCUT2D eigenvalue weighted by Gasteiger charge is 2.14. The molecule has 94 valence electrons. The van der Waals surface area contributed by atoms with Crippen LogP contribution in [0.15, 0.2) is 24.3 Å². The van der Waals surface area contributed by atoms with Gasteiger partial charge in [-0.3, -0.25) is 4.79 Å². The molecule has 1 aromatic rings.